The van der Waals surface area contributed by atoms with Gasteiger partial charge in [0.15, 0.2) is 6.61 Å². The minimum absolute atomic E-state index is 0.0138. The lowest BCUT2D eigenvalue weighted by Gasteiger charge is -2.27. The molecule has 7 nitrogen and oxygen atoms in total. The summed E-state index contributed by atoms with van der Waals surface area (Å²) in [7, 11) is 1.45. The Morgan fingerprint density at radius 3 is 2.23 bits per heavy atom. The fourth-order valence-electron chi connectivity index (χ4n) is 2.96. The van der Waals surface area contributed by atoms with Crippen LogP contribution >= 0.6 is 0 Å². The second-order valence-electron chi connectivity index (χ2n) is 5.91. The first kappa shape index (κ1) is 17.6. The number of likely N-dealkylation sites (N-methyl/N-ethyl adjacent to an activating group) is 1. The van der Waals surface area contributed by atoms with Crippen LogP contribution in [-0.4, -0.2) is 48.8 Å². The average molecular weight is 354 g/mol. The van der Waals surface area contributed by atoms with E-state index in [1.54, 1.807) is 24.3 Å². The van der Waals surface area contributed by atoms with Gasteiger partial charge in [-0.2, -0.15) is 0 Å². The molecule has 1 N–H and O–H groups in total. The van der Waals surface area contributed by atoms with Crippen LogP contribution in [0.1, 0.15) is 33.6 Å². The van der Waals surface area contributed by atoms with Crippen molar-refractivity contribution in [1.29, 1.82) is 0 Å². The van der Waals surface area contributed by atoms with Crippen molar-refractivity contribution < 1.29 is 23.9 Å². The summed E-state index contributed by atoms with van der Waals surface area (Å²) in [5, 5.41) is 3.86. The summed E-state index contributed by atoms with van der Waals surface area (Å²) in [6.45, 7) is -0.232. The molecule has 0 radical (unpaired) electrons. The van der Waals surface area contributed by atoms with Crippen molar-refractivity contribution in [3.63, 3.8) is 0 Å². The molecular weight excluding hydrogens is 336 g/mol. The highest BCUT2D eigenvalue weighted by Gasteiger charge is 2.32. The Balaban J connectivity index is 1.67. The van der Waals surface area contributed by atoms with E-state index >= 15 is 0 Å². The third kappa shape index (κ3) is 3.28. The van der Waals surface area contributed by atoms with Gasteiger partial charge in [0.1, 0.15) is 0 Å². The van der Waals surface area contributed by atoms with Crippen LogP contribution in [0.4, 0.5) is 0 Å². The molecule has 1 aliphatic heterocycles. The number of ether oxygens (including phenoxy) is 1. The highest BCUT2D eigenvalue weighted by atomic mass is 16.5. The lowest BCUT2D eigenvalue weighted by Crippen LogP contribution is -2.41. The highest BCUT2D eigenvalue weighted by molar-refractivity contribution is 6.25. The van der Waals surface area contributed by atoms with Crippen molar-refractivity contribution in [1.82, 2.24) is 10.2 Å². The molecule has 3 amide bonds. The molecule has 0 unspecified atom stereocenters. The van der Waals surface area contributed by atoms with Crippen LogP contribution < -0.4 is 5.32 Å². The molecule has 1 heterocycles. The first-order valence-corrected chi connectivity index (χ1v) is 8.27. The Morgan fingerprint density at radius 1 is 1.04 bits per heavy atom. The van der Waals surface area contributed by atoms with E-state index in [9.17, 15) is 19.2 Å². The number of hydrogen-bond donors (Lipinski definition) is 1. The zero-order valence-corrected chi connectivity index (χ0v) is 14.3. The average Bonchev–Trinajstić information content (AvgIpc) is 2.66. The third-order valence-corrected chi connectivity index (χ3v) is 4.26. The van der Waals surface area contributed by atoms with Crippen molar-refractivity contribution in [3.8, 4) is 0 Å². The minimum atomic E-state index is -0.548. The number of benzene rings is 2. The molecule has 26 heavy (non-hydrogen) atoms. The Kier molecular flexibility index (Phi) is 4.97. The van der Waals surface area contributed by atoms with Gasteiger partial charge in [-0.3, -0.25) is 24.1 Å². The number of hydrogen-bond acceptors (Lipinski definition) is 5. The molecule has 134 valence electrons. The van der Waals surface area contributed by atoms with E-state index in [1.165, 1.54) is 7.05 Å². The maximum atomic E-state index is 12.7. The summed E-state index contributed by atoms with van der Waals surface area (Å²) in [6.07, 6.45) is 0.280. The number of nitrogens with zero attached hydrogens (tertiary/aromatic N) is 1. The van der Waals surface area contributed by atoms with Gasteiger partial charge < -0.3 is 10.1 Å². The molecule has 0 fully saturated rings. The number of esters is 1. The molecule has 2 aromatic carbocycles. The predicted molar refractivity (Wildman–Crippen MR) is 93.6 cm³/mol. The number of rotatable bonds is 6. The topological polar surface area (TPSA) is 92.8 Å². The van der Waals surface area contributed by atoms with Gasteiger partial charge in [-0.15, -0.1) is 0 Å². The molecule has 0 atom stereocenters. The smallest absolute Gasteiger partial charge is 0.306 e. The monoisotopic (exact) mass is 354 g/mol. The fraction of sp³-hybridized carbons (Fsp3) is 0.263. The fourth-order valence-corrected chi connectivity index (χ4v) is 2.96. The van der Waals surface area contributed by atoms with Crippen LogP contribution in [0, 0.1) is 0 Å². The molecule has 0 aromatic heterocycles. The van der Waals surface area contributed by atoms with E-state index in [0.717, 1.165) is 10.3 Å². The number of amides is 3. The van der Waals surface area contributed by atoms with Gasteiger partial charge in [-0.05, 0) is 23.9 Å². The molecule has 1 aliphatic rings. The predicted octanol–water partition coefficient (Wildman–Crippen LogP) is 1.51. The first-order valence-electron chi connectivity index (χ1n) is 8.27. The molecule has 0 aliphatic carbocycles. The zero-order valence-electron chi connectivity index (χ0n) is 14.3. The van der Waals surface area contributed by atoms with Gasteiger partial charge in [-0.1, -0.05) is 24.3 Å². The Bertz CT molecular complexity index is 855. The SMILES string of the molecule is CNC(=O)COC(=O)CCCN1C(=O)c2cccc3cccc(c23)C1=O. The van der Waals surface area contributed by atoms with Gasteiger partial charge >= 0.3 is 5.97 Å². The van der Waals surface area contributed by atoms with Crippen LogP contribution in [0.2, 0.25) is 0 Å². The maximum absolute atomic E-state index is 12.7. The summed E-state index contributed by atoms with van der Waals surface area (Å²) in [6, 6.07) is 10.7. The van der Waals surface area contributed by atoms with Gasteiger partial charge in [0, 0.05) is 36.5 Å². The van der Waals surface area contributed by atoms with Gasteiger partial charge in [0.2, 0.25) is 0 Å². The van der Waals surface area contributed by atoms with Gasteiger partial charge in [0.05, 0.1) is 0 Å². The molecule has 0 saturated heterocycles. The van der Waals surface area contributed by atoms with E-state index in [0.29, 0.717) is 16.5 Å². The van der Waals surface area contributed by atoms with Crippen molar-refractivity contribution in [2.24, 2.45) is 0 Å². The number of imide groups is 1. The normalized spacial score (nSPS) is 13.0. The van der Waals surface area contributed by atoms with E-state index in [4.69, 9.17) is 4.74 Å². The van der Waals surface area contributed by atoms with E-state index in [1.807, 2.05) is 12.1 Å². The Morgan fingerprint density at radius 2 is 1.65 bits per heavy atom. The summed E-state index contributed by atoms with van der Waals surface area (Å²) in [5.41, 5.74) is 0.972. The minimum Gasteiger partial charge on any atom is -0.456 e. The van der Waals surface area contributed by atoms with Crippen molar-refractivity contribution in [2.45, 2.75) is 12.8 Å². The maximum Gasteiger partial charge on any atom is 0.306 e. The van der Waals surface area contributed by atoms with Crippen LogP contribution in [0.15, 0.2) is 36.4 Å². The molecule has 7 heteroatoms. The number of carbonyl (C=O) groups is 4. The van der Waals surface area contributed by atoms with Crippen LogP contribution in [-0.2, 0) is 14.3 Å². The Hall–Kier alpha value is -3.22. The summed E-state index contributed by atoms with van der Waals surface area (Å²) in [4.78, 5) is 49.2. The summed E-state index contributed by atoms with van der Waals surface area (Å²) >= 11 is 0. The van der Waals surface area contributed by atoms with Crippen LogP contribution in [0.3, 0.4) is 0 Å². The molecule has 0 bridgehead atoms. The molecule has 3 rings (SSSR count). The van der Waals surface area contributed by atoms with Crippen LogP contribution in [0.25, 0.3) is 10.8 Å². The first-order chi connectivity index (χ1) is 12.5. The van der Waals surface area contributed by atoms with Crippen molar-refractivity contribution >= 4 is 34.5 Å². The summed E-state index contributed by atoms with van der Waals surface area (Å²) < 4.78 is 4.80. The van der Waals surface area contributed by atoms with Crippen molar-refractivity contribution in [3.05, 3.63) is 47.5 Å². The lowest BCUT2D eigenvalue weighted by molar-refractivity contribution is -0.148. The molecule has 2 aromatic rings. The van der Waals surface area contributed by atoms with Crippen LogP contribution in [0.5, 0.6) is 0 Å². The second-order valence-corrected chi connectivity index (χ2v) is 5.91. The lowest BCUT2D eigenvalue weighted by atomic mass is 9.94. The quantitative estimate of drug-likeness (QED) is 0.627. The molecule has 0 spiro atoms. The van der Waals surface area contributed by atoms with Crippen molar-refractivity contribution in [2.75, 3.05) is 20.2 Å². The van der Waals surface area contributed by atoms with E-state index in [2.05, 4.69) is 5.32 Å². The largest absolute Gasteiger partial charge is 0.456 e. The summed E-state index contributed by atoms with van der Waals surface area (Å²) in [5.74, 6) is -1.67. The number of nitrogens with one attached hydrogen (secondary N) is 1. The third-order valence-electron chi connectivity index (χ3n) is 4.26. The van der Waals surface area contributed by atoms with Gasteiger partial charge in [-0.25, -0.2) is 0 Å². The molecular formula is C19H18N2O5. The zero-order chi connectivity index (χ0) is 18.7. The number of carbonyl (C=O) groups excluding carboxylic acids is 4. The Labute approximate surface area is 149 Å². The van der Waals surface area contributed by atoms with E-state index in [-0.39, 0.29) is 37.8 Å². The second kappa shape index (κ2) is 7.35. The molecule has 0 saturated carbocycles. The van der Waals surface area contributed by atoms with E-state index < -0.39 is 11.9 Å². The van der Waals surface area contributed by atoms with Gasteiger partial charge in [0.25, 0.3) is 17.7 Å². The highest BCUT2D eigenvalue weighted by Crippen LogP contribution is 2.29. The standard InChI is InChI=1S/C19H18N2O5/c1-20-15(22)11-26-16(23)9-4-10-21-18(24)13-7-2-5-12-6-3-8-14(17(12)13)19(21)25/h2-3,5-8H,4,9-11H2,1H3,(H,20,22).